The monoisotopic (exact) mass is 387 g/mol. The van der Waals surface area contributed by atoms with E-state index in [1.807, 2.05) is 18.7 Å². The molecule has 0 saturated carbocycles. The Hall–Kier alpha value is -2.31. The normalized spacial score (nSPS) is 13.2. The number of hydrogen-bond acceptors (Lipinski definition) is 3. The molecule has 1 N–H and O–H groups in total. The standard InChI is InChI=1S/C21H37N7/c1-9-22-21(23-11-16(4)12-28-18(6)10-17(5)24-28)26(7)13-19-14-27(8)25-20(19)15(2)3/h10,14-16H,9,11-13H2,1-8H3,(H,22,23). The van der Waals surface area contributed by atoms with Crippen LogP contribution in [-0.2, 0) is 20.1 Å². The molecule has 7 nitrogen and oxygen atoms in total. The Morgan fingerprint density at radius 3 is 2.54 bits per heavy atom. The van der Waals surface area contributed by atoms with Gasteiger partial charge in [-0.1, -0.05) is 20.8 Å². The quantitative estimate of drug-likeness (QED) is 0.558. The lowest BCUT2D eigenvalue weighted by atomic mass is 10.1. The van der Waals surface area contributed by atoms with E-state index in [4.69, 9.17) is 4.99 Å². The van der Waals surface area contributed by atoms with E-state index < -0.39 is 0 Å². The van der Waals surface area contributed by atoms with Crippen LogP contribution in [0.3, 0.4) is 0 Å². The van der Waals surface area contributed by atoms with Crippen LogP contribution < -0.4 is 5.32 Å². The van der Waals surface area contributed by atoms with Gasteiger partial charge in [0.05, 0.1) is 11.4 Å². The van der Waals surface area contributed by atoms with Crippen molar-refractivity contribution in [1.29, 1.82) is 0 Å². The maximum atomic E-state index is 4.89. The molecule has 156 valence electrons. The second kappa shape index (κ2) is 9.75. The Balaban J connectivity index is 2.05. The summed E-state index contributed by atoms with van der Waals surface area (Å²) in [6, 6.07) is 2.12. The molecule has 0 fully saturated rings. The molecule has 0 aliphatic heterocycles. The number of nitrogens with zero attached hydrogens (tertiary/aromatic N) is 6. The molecule has 0 radical (unpaired) electrons. The van der Waals surface area contributed by atoms with Gasteiger partial charge in [0.2, 0.25) is 0 Å². The Morgan fingerprint density at radius 1 is 1.25 bits per heavy atom. The minimum Gasteiger partial charge on any atom is -0.357 e. The van der Waals surface area contributed by atoms with Crippen LogP contribution in [-0.4, -0.2) is 50.6 Å². The second-order valence-corrected chi connectivity index (χ2v) is 8.13. The van der Waals surface area contributed by atoms with E-state index in [1.54, 1.807) is 0 Å². The molecule has 2 aromatic rings. The van der Waals surface area contributed by atoms with Crippen LogP contribution in [0, 0.1) is 19.8 Å². The molecule has 0 amide bonds. The number of aromatic nitrogens is 4. The topological polar surface area (TPSA) is 63.3 Å². The molecular formula is C21H37N7. The molecule has 0 aliphatic rings. The molecule has 7 heteroatoms. The molecule has 28 heavy (non-hydrogen) atoms. The number of aliphatic imine (C=N–C) groups is 1. The smallest absolute Gasteiger partial charge is 0.193 e. The maximum Gasteiger partial charge on any atom is 0.193 e. The van der Waals surface area contributed by atoms with Gasteiger partial charge in [-0.3, -0.25) is 14.4 Å². The first-order chi connectivity index (χ1) is 13.2. The van der Waals surface area contributed by atoms with Crippen LogP contribution in [0.15, 0.2) is 17.3 Å². The fraction of sp³-hybridized carbons (Fsp3) is 0.667. The maximum absolute atomic E-state index is 4.89. The zero-order valence-electron chi connectivity index (χ0n) is 18.8. The molecule has 0 aliphatic carbocycles. The second-order valence-electron chi connectivity index (χ2n) is 8.13. The minimum atomic E-state index is 0.407. The molecule has 0 saturated heterocycles. The van der Waals surface area contributed by atoms with Crippen molar-refractivity contribution in [2.45, 2.75) is 60.5 Å². The fourth-order valence-corrected chi connectivity index (χ4v) is 3.42. The van der Waals surface area contributed by atoms with Gasteiger partial charge in [-0.15, -0.1) is 0 Å². The summed E-state index contributed by atoms with van der Waals surface area (Å²) in [4.78, 5) is 7.07. The van der Waals surface area contributed by atoms with Crippen molar-refractivity contribution in [2.75, 3.05) is 20.1 Å². The van der Waals surface area contributed by atoms with Crippen LogP contribution in [0.5, 0.6) is 0 Å². The van der Waals surface area contributed by atoms with E-state index >= 15 is 0 Å². The highest BCUT2D eigenvalue weighted by molar-refractivity contribution is 5.79. The lowest BCUT2D eigenvalue weighted by Crippen LogP contribution is -2.39. The third-order valence-corrected chi connectivity index (χ3v) is 4.73. The van der Waals surface area contributed by atoms with Gasteiger partial charge in [-0.05, 0) is 38.7 Å². The average molecular weight is 388 g/mol. The molecule has 1 atom stereocenters. The van der Waals surface area contributed by atoms with Gasteiger partial charge in [-0.2, -0.15) is 10.2 Å². The van der Waals surface area contributed by atoms with Crippen molar-refractivity contribution in [3.8, 4) is 0 Å². The van der Waals surface area contributed by atoms with Gasteiger partial charge in [0.15, 0.2) is 5.96 Å². The Labute approximate surface area is 169 Å². The predicted octanol–water partition coefficient (Wildman–Crippen LogP) is 3.09. The summed E-state index contributed by atoms with van der Waals surface area (Å²) in [5.41, 5.74) is 4.68. The van der Waals surface area contributed by atoms with Crippen LogP contribution >= 0.6 is 0 Å². The highest BCUT2D eigenvalue weighted by Crippen LogP contribution is 2.18. The summed E-state index contributed by atoms with van der Waals surface area (Å²) in [5.74, 6) is 1.75. The van der Waals surface area contributed by atoms with Crippen molar-refractivity contribution in [2.24, 2.45) is 18.0 Å². The summed E-state index contributed by atoms with van der Waals surface area (Å²) in [7, 11) is 4.07. The molecule has 0 spiro atoms. The zero-order valence-corrected chi connectivity index (χ0v) is 18.8. The summed E-state index contributed by atoms with van der Waals surface area (Å²) < 4.78 is 3.98. The largest absolute Gasteiger partial charge is 0.357 e. The Bertz CT molecular complexity index is 785. The van der Waals surface area contributed by atoms with Crippen molar-refractivity contribution >= 4 is 5.96 Å². The number of hydrogen-bond donors (Lipinski definition) is 1. The Kier molecular flexibility index (Phi) is 7.66. The molecule has 1 unspecified atom stereocenters. The first kappa shape index (κ1) is 22.0. The summed E-state index contributed by atoms with van der Waals surface area (Å²) in [5, 5.41) is 12.6. The van der Waals surface area contributed by atoms with Gasteiger partial charge in [0.1, 0.15) is 0 Å². The molecule has 2 rings (SSSR count). The van der Waals surface area contributed by atoms with Crippen molar-refractivity contribution in [3.05, 3.63) is 34.9 Å². The Morgan fingerprint density at radius 2 is 1.96 bits per heavy atom. The highest BCUT2D eigenvalue weighted by Gasteiger charge is 2.15. The fourth-order valence-electron chi connectivity index (χ4n) is 3.42. The van der Waals surface area contributed by atoms with E-state index in [0.717, 1.165) is 43.5 Å². The minimum absolute atomic E-state index is 0.407. The van der Waals surface area contributed by atoms with Gasteiger partial charge >= 0.3 is 0 Å². The molecule has 0 aromatic carbocycles. The first-order valence-corrected chi connectivity index (χ1v) is 10.2. The summed E-state index contributed by atoms with van der Waals surface area (Å²) in [6.45, 7) is 16.1. The highest BCUT2D eigenvalue weighted by atomic mass is 15.3. The average Bonchev–Trinajstić information content (AvgIpc) is 3.12. The third-order valence-electron chi connectivity index (χ3n) is 4.73. The molecular weight excluding hydrogens is 350 g/mol. The molecule has 2 aromatic heterocycles. The van der Waals surface area contributed by atoms with Crippen LogP contribution in [0.1, 0.15) is 56.3 Å². The number of aryl methyl sites for hydroxylation is 3. The van der Waals surface area contributed by atoms with Gasteiger partial charge in [0, 0.05) is 57.7 Å². The zero-order chi connectivity index (χ0) is 20.8. The van der Waals surface area contributed by atoms with Crippen molar-refractivity contribution in [3.63, 3.8) is 0 Å². The molecule has 0 bridgehead atoms. The van der Waals surface area contributed by atoms with Crippen LogP contribution in [0.2, 0.25) is 0 Å². The number of rotatable bonds is 8. The summed E-state index contributed by atoms with van der Waals surface area (Å²) in [6.07, 6.45) is 2.11. The SMILES string of the molecule is CCNC(=NCC(C)Cn1nc(C)cc1C)N(C)Cc1cn(C)nc1C(C)C. The van der Waals surface area contributed by atoms with Crippen molar-refractivity contribution in [1.82, 2.24) is 29.8 Å². The van der Waals surface area contributed by atoms with E-state index in [9.17, 15) is 0 Å². The van der Waals surface area contributed by atoms with E-state index in [0.29, 0.717) is 11.8 Å². The van der Waals surface area contributed by atoms with Gasteiger partial charge in [0.25, 0.3) is 0 Å². The predicted molar refractivity (Wildman–Crippen MR) is 116 cm³/mol. The lowest BCUT2D eigenvalue weighted by molar-refractivity contribution is 0.438. The third kappa shape index (κ3) is 5.84. The first-order valence-electron chi connectivity index (χ1n) is 10.2. The van der Waals surface area contributed by atoms with Gasteiger partial charge in [-0.25, -0.2) is 0 Å². The van der Waals surface area contributed by atoms with Crippen LogP contribution in [0.25, 0.3) is 0 Å². The number of guanidine groups is 1. The van der Waals surface area contributed by atoms with E-state index in [2.05, 4.69) is 79.0 Å². The molecule has 2 heterocycles. The number of nitrogens with one attached hydrogen (secondary N) is 1. The van der Waals surface area contributed by atoms with Gasteiger partial charge < -0.3 is 10.2 Å². The summed E-state index contributed by atoms with van der Waals surface area (Å²) >= 11 is 0. The van der Waals surface area contributed by atoms with E-state index in [1.165, 1.54) is 11.3 Å². The van der Waals surface area contributed by atoms with E-state index in [-0.39, 0.29) is 0 Å². The lowest BCUT2D eigenvalue weighted by Gasteiger charge is -2.23. The van der Waals surface area contributed by atoms with Crippen LogP contribution in [0.4, 0.5) is 0 Å². The van der Waals surface area contributed by atoms with Crippen molar-refractivity contribution < 1.29 is 0 Å².